The Morgan fingerprint density at radius 1 is 1.75 bits per heavy atom. The molecular weight excluding hydrogens is 102 g/mol. The second-order valence-electron chi connectivity index (χ2n) is 2.16. The lowest BCUT2D eigenvalue weighted by atomic mass is 10.2. The topological polar surface area (TPSA) is 23.3 Å². The number of hydrogen-bond acceptors (Lipinski definition) is 1. The van der Waals surface area contributed by atoms with Gasteiger partial charge in [0.2, 0.25) is 0 Å². The number of hydrogen-bond donors (Lipinski definition) is 0. The molecule has 0 unspecified atom stereocenters. The van der Waals surface area contributed by atoms with Gasteiger partial charge >= 0.3 is 0 Å². The highest BCUT2D eigenvalue weighted by Crippen LogP contribution is 2.17. The molecule has 8 heavy (non-hydrogen) atoms. The molecule has 0 radical (unpaired) electrons. The highest BCUT2D eigenvalue weighted by molar-refractivity contribution is 4.97. The minimum atomic E-state index is 0.514. The molecule has 48 valence electrons. The lowest BCUT2D eigenvalue weighted by molar-refractivity contribution is 0.189. The maximum absolute atomic E-state index is 4.93. The van der Waals surface area contributed by atoms with Gasteiger partial charge in [0.05, 0.1) is 0 Å². The summed E-state index contributed by atoms with van der Waals surface area (Å²) in [7, 11) is 1.73. The highest BCUT2D eigenvalue weighted by Gasteiger charge is 2.00. The van der Waals surface area contributed by atoms with Crippen LogP contribution in [-0.4, -0.2) is 26.3 Å². The van der Waals surface area contributed by atoms with E-state index in [9.17, 15) is 0 Å². The zero-order chi connectivity index (χ0) is 5.82. The Labute approximate surface area is 50.2 Å². The molecule has 0 aromatic carbocycles. The Kier molecular flexibility index (Phi) is 2.30. The molecule has 0 aromatic rings. The van der Waals surface area contributed by atoms with E-state index in [0.717, 1.165) is 13.2 Å². The van der Waals surface area contributed by atoms with Crippen LogP contribution in [0, 0.1) is 0 Å². The van der Waals surface area contributed by atoms with Gasteiger partial charge in [0.1, 0.15) is 0 Å². The average Bonchev–Trinajstić information content (AvgIpc) is 2.19. The molecule has 2 nitrogen and oxygen atoms in total. The molecule has 1 aliphatic heterocycles. The highest BCUT2D eigenvalue weighted by atomic mass is 16.5. The van der Waals surface area contributed by atoms with E-state index in [2.05, 4.69) is 5.32 Å². The Bertz CT molecular complexity index is 59.5. The molecule has 0 N–H and O–H groups in total. The van der Waals surface area contributed by atoms with Crippen LogP contribution in [0.4, 0.5) is 0 Å². The molecule has 1 saturated heterocycles. The molecule has 0 aromatic heterocycles. The maximum atomic E-state index is 4.93. The molecule has 1 aliphatic rings. The fraction of sp³-hybridized carbons (Fsp3) is 1.00. The average molecular weight is 114 g/mol. The number of methoxy groups -OCH3 is 1. The van der Waals surface area contributed by atoms with Gasteiger partial charge < -0.3 is 10.1 Å². The first-order chi connectivity index (χ1) is 3.93. The van der Waals surface area contributed by atoms with E-state index in [1.54, 1.807) is 7.11 Å². The smallest absolute Gasteiger partial charge is 0.0354 e. The van der Waals surface area contributed by atoms with Crippen molar-refractivity contribution in [3.63, 3.8) is 0 Å². The Balaban J connectivity index is 2.06. The van der Waals surface area contributed by atoms with Crippen LogP contribution in [0.15, 0.2) is 0 Å². The first-order valence-electron chi connectivity index (χ1n) is 3.09. The van der Waals surface area contributed by atoms with Crippen molar-refractivity contribution in [2.75, 3.05) is 20.3 Å². The van der Waals surface area contributed by atoms with Crippen LogP contribution in [0.1, 0.15) is 12.8 Å². The van der Waals surface area contributed by atoms with Crippen molar-refractivity contribution in [1.29, 1.82) is 0 Å². The van der Waals surface area contributed by atoms with E-state index in [1.807, 2.05) is 0 Å². The molecule has 0 spiro atoms. The van der Waals surface area contributed by atoms with Crippen molar-refractivity contribution < 1.29 is 4.74 Å². The lowest BCUT2D eigenvalue weighted by Gasteiger charge is -2.20. The van der Waals surface area contributed by atoms with Crippen molar-refractivity contribution in [2.45, 2.75) is 18.9 Å². The third-order valence-corrected chi connectivity index (χ3v) is 1.44. The largest absolute Gasteiger partial charge is 0.658 e. The quantitative estimate of drug-likeness (QED) is 0.528. The van der Waals surface area contributed by atoms with Gasteiger partial charge in [0.25, 0.3) is 0 Å². The summed E-state index contributed by atoms with van der Waals surface area (Å²) in [6.45, 7) is 1.87. The third kappa shape index (κ3) is 1.46. The number of rotatable bonds is 2. The summed E-state index contributed by atoms with van der Waals surface area (Å²) in [5.41, 5.74) is 0. The molecule has 1 atom stereocenters. The SMILES string of the molecule is COC[C@@H]1CCC[N-]1. The van der Waals surface area contributed by atoms with E-state index in [1.165, 1.54) is 12.8 Å². The summed E-state index contributed by atoms with van der Waals surface area (Å²) in [5, 5.41) is 4.30. The van der Waals surface area contributed by atoms with Gasteiger partial charge in [-0.05, 0) is 0 Å². The Morgan fingerprint density at radius 2 is 2.62 bits per heavy atom. The minimum absolute atomic E-state index is 0.514. The zero-order valence-corrected chi connectivity index (χ0v) is 5.26. The standard InChI is InChI=1S/C6H12NO/c1-8-5-6-3-2-4-7-6/h6H,2-5H2,1H3/q-1/t6-/m0/s1. The summed E-state index contributed by atoms with van der Waals surface area (Å²) in [6.07, 6.45) is 2.49. The van der Waals surface area contributed by atoms with Gasteiger partial charge in [-0.25, -0.2) is 0 Å². The molecule has 0 aliphatic carbocycles. The van der Waals surface area contributed by atoms with Crippen molar-refractivity contribution in [3.8, 4) is 0 Å². The van der Waals surface area contributed by atoms with Gasteiger partial charge in [-0.2, -0.15) is 0 Å². The molecule has 1 rings (SSSR count). The molecule has 2 heteroatoms. The van der Waals surface area contributed by atoms with Crippen LogP contribution < -0.4 is 0 Å². The van der Waals surface area contributed by atoms with Crippen LogP contribution in [0.2, 0.25) is 0 Å². The van der Waals surface area contributed by atoms with Crippen molar-refractivity contribution >= 4 is 0 Å². The molecule has 1 fully saturated rings. The normalized spacial score (nSPS) is 28.9. The van der Waals surface area contributed by atoms with Gasteiger partial charge in [-0.1, -0.05) is 12.8 Å². The molecule has 0 bridgehead atoms. The third-order valence-electron chi connectivity index (χ3n) is 1.44. The molecule has 0 saturated carbocycles. The van der Waals surface area contributed by atoms with E-state index >= 15 is 0 Å². The minimum Gasteiger partial charge on any atom is -0.658 e. The van der Waals surface area contributed by atoms with Crippen LogP contribution in [-0.2, 0) is 4.74 Å². The van der Waals surface area contributed by atoms with Crippen molar-refractivity contribution in [3.05, 3.63) is 5.32 Å². The predicted octanol–water partition coefficient (Wildman–Crippen LogP) is 1.17. The number of nitrogens with zero attached hydrogens (tertiary/aromatic N) is 1. The fourth-order valence-electron chi connectivity index (χ4n) is 1.02. The van der Waals surface area contributed by atoms with Gasteiger partial charge in [0, 0.05) is 13.7 Å². The van der Waals surface area contributed by atoms with E-state index in [4.69, 9.17) is 4.74 Å². The summed E-state index contributed by atoms with van der Waals surface area (Å²) >= 11 is 0. The molecule has 1 heterocycles. The predicted molar refractivity (Wildman–Crippen MR) is 33.1 cm³/mol. The van der Waals surface area contributed by atoms with Crippen molar-refractivity contribution in [1.82, 2.24) is 0 Å². The molecular formula is C6H12NO-. The van der Waals surface area contributed by atoms with Crippen LogP contribution in [0.25, 0.3) is 5.32 Å². The van der Waals surface area contributed by atoms with E-state index in [-0.39, 0.29) is 0 Å². The lowest BCUT2D eigenvalue weighted by Crippen LogP contribution is -2.07. The first-order valence-corrected chi connectivity index (χ1v) is 3.09. The molecule has 0 amide bonds. The van der Waals surface area contributed by atoms with Crippen LogP contribution in [0.5, 0.6) is 0 Å². The van der Waals surface area contributed by atoms with Crippen molar-refractivity contribution in [2.24, 2.45) is 0 Å². The second-order valence-corrected chi connectivity index (χ2v) is 2.16. The Hall–Kier alpha value is -0.0800. The fourth-order valence-corrected chi connectivity index (χ4v) is 1.02. The monoisotopic (exact) mass is 114 g/mol. The summed E-state index contributed by atoms with van der Waals surface area (Å²) in [4.78, 5) is 0. The van der Waals surface area contributed by atoms with E-state index in [0.29, 0.717) is 6.04 Å². The number of ether oxygens (including phenoxy) is 1. The summed E-state index contributed by atoms with van der Waals surface area (Å²) in [6, 6.07) is 0.514. The second kappa shape index (κ2) is 3.05. The van der Waals surface area contributed by atoms with Gasteiger partial charge in [-0.3, -0.25) is 0 Å². The first kappa shape index (κ1) is 6.05. The van der Waals surface area contributed by atoms with Gasteiger partial charge in [0.15, 0.2) is 0 Å². The van der Waals surface area contributed by atoms with Crippen LogP contribution >= 0.6 is 0 Å². The van der Waals surface area contributed by atoms with E-state index < -0.39 is 0 Å². The maximum Gasteiger partial charge on any atom is 0.0354 e. The zero-order valence-electron chi connectivity index (χ0n) is 5.26. The van der Waals surface area contributed by atoms with Gasteiger partial charge in [-0.15, -0.1) is 12.6 Å². The summed E-state index contributed by atoms with van der Waals surface area (Å²) in [5.74, 6) is 0. The Morgan fingerprint density at radius 3 is 3.12 bits per heavy atom. The summed E-state index contributed by atoms with van der Waals surface area (Å²) < 4.78 is 4.93. The van der Waals surface area contributed by atoms with Crippen LogP contribution in [0.3, 0.4) is 0 Å².